The first-order chi connectivity index (χ1) is 22.8. The van der Waals surface area contributed by atoms with Crippen molar-refractivity contribution in [2.75, 3.05) is 44.8 Å². The summed E-state index contributed by atoms with van der Waals surface area (Å²) in [5.41, 5.74) is 3.59. The molecule has 1 N–H and O–H groups in total. The molecule has 1 unspecified atom stereocenters. The van der Waals surface area contributed by atoms with Crippen LogP contribution in [-0.4, -0.2) is 82.8 Å². The minimum absolute atomic E-state index is 0.0970. The molecule has 4 aliphatic rings. The number of carbonyl (C=O) groups excluding carboxylic acids is 1. The molecule has 7 rings (SSSR count). The summed E-state index contributed by atoms with van der Waals surface area (Å²) in [5, 5.41) is 12.3. The van der Waals surface area contributed by atoms with Gasteiger partial charge in [-0.15, -0.1) is 0 Å². The fourth-order valence-corrected chi connectivity index (χ4v) is 7.71. The van der Waals surface area contributed by atoms with Crippen LogP contribution in [0.2, 0.25) is 0 Å². The Bertz CT molecular complexity index is 1570. The van der Waals surface area contributed by atoms with E-state index in [0.717, 1.165) is 98.1 Å². The van der Waals surface area contributed by atoms with E-state index >= 15 is 0 Å². The highest BCUT2D eigenvalue weighted by Crippen LogP contribution is 2.47. The number of rotatable bonds is 8. The number of likely N-dealkylation sites (tertiary alicyclic amines) is 1. The van der Waals surface area contributed by atoms with Crippen molar-refractivity contribution in [3.8, 4) is 11.8 Å². The van der Waals surface area contributed by atoms with E-state index in [1.165, 1.54) is 12.8 Å². The lowest BCUT2D eigenvalue weighted by molar-refractivity contribution is 0.0313. The van der Waals surface area contributed by atoms with Gasteiger partial charge in [0.05, 0.1) is 37.1 Å². The van der Waals surface area contributed by atoms with Crippen LogP contribution in [-0.2, 0) is 17.8 Å². The maximum atomic E-state index is 14.1. The average molecular weight is 644 g/mol. The molecule has 0 bridgehead atoms. The molecule has 254 valence electrons. The third-order valence-electron chi connectivity index (χ3n) is 10.6. The zero-order valence-corrected chi connectivity index (χ0v) is 29.1. The number of piperidine rings is 1. The summed E-state index contributed by atoms with van der Waals surface area (Å²) in [4.78, 5) is 31.0. The molecule has 1 atom stereocenters. The maximum Gasteiger partial charge on any atom is 0.318 e. The number of hydrogen-bond donors (Lipinski definition) is 1. The van der Waals surface area contributed by atoms with Gasteiger partial charge in [-0.25, -0.2) is 0 Å². The van der Waals surface area contributed by atoms with Gasteiger partial charge in [0.2, 0.25) is 0 Å². The Morgan fingerprint density at radius 1 is 1.02 bits per heavy atom. The van der Waals surface area contributed by atoms with Gasteiger partial charge in [0, 0.05) is 50.3 Å². The van der Waals surface area contributed by atoms with E-state index in [2.05, 4.69) is 16.7 Å². The molecular weight excluding hydrogens is 590 g/mol. The third kappa shape index (κ3) is 7.21. The second-order valence-corrected chi connectivity index (χ2v) is 14.0. The first kappa shape index (κ1) is 33.5. The van der Waals surface area contributed by atoms with E-state index in [0.29, 0.717) is 43.4 Å². The number of ether oxygens (including phenoxy) is 2. The molecule has 4 heterocycles. The van der Waals surface area contributed by atoms with Gasteiger partial charge in [0.25, 0.3) is 5.91 Å². The smallest absolute Gasteiger partial charge is 0.318 e. The molecule has 47 heavy (non-hydrogen) atoms. The minimum atomic E-state index is -0.102. The van der Waals surface area contributed by atoms with Gasteiger partial charge in [0.1, 0.15) is 11.6 Å². The number of methoxy groups -OCH3 is 1. The fraction of sp³-hybridized carbons (Fsp3) is 0.605. The fourth-order valence-electron chi connectivity index (χ4n) is 7.71. The summed E-state index contributed by atoms with van der Waals surface area (Å²) < 4.78 is 12.0. The Morgan fingerprint density at radius 3 is 2.55 bits per heavy atom. The van der Waals surface area contributed by atoms with Gasteiger partial charge >= 0.3 is 6.01 Å². The standard InChI is InChI=1S/C36H47N5O4.C2H6/c1-24-8-7-10-26-18-27(42)19-29(32(24)26)34(43)40-20-30-31(21-40)37-35(38-33(30)41-15-6-4-5-9-25(41)2)45-23-36(13-14-36)22-39-16-11-28(44-3)12-17-39;1-2/h7-8,10,18-19,25,28,42H,4-6,9,11-17,20-23H2,1-3H3;1-2H3. The summed E-state index contributed by atoms with van der Waals surface area (Å²) in [6, 6.07) is 10.0. The highest BCUT2D eigenvalue weighted by Gasteiger charge is 2.45. The van der Waals surface area contributed by atoms with Crippen LogP contribution in [0.1, 0.15) is 99.3 Å². The van der Waals surface area contributed by atoms with Gasteiger partial charge < -0.3 is 29.3 Å². The number of aryl methyl sites for hydroxylation is 1. The predicted molar refractivity (Wildman–Crippen MR) is 186 cm³/mol. The first-order valence-electron chi connectivity index (χ1n) is 17.9. The Hall–Kier alpha value is -3.43. The molecule has 1 aliphatic carbocycles. The van der Waals surface area contributed by atoms with Crippen LogP contribution in [0.3, 0.4) is 0 Å². The lowest BCUT2D eigenvalue weighted by Crippen LogP contribution is -2.41. The molecule has 9 nitrogen and oxygen atoms in total. The van der Waals surface area contributed by atoms with Crippen LogP contribution in [0, 0.1) is 12.3 Å². The SMILES string of the molecule is CC.COC1CCN(CC2(COc3nc4c(c(N5CCCCCC5C)n3)CN(C(=O)c3cc(O)cc5cccc(C)c35)C4)CC2)CC1. The van der Waals surface area contributed by atoms with Crippen molar-refractivity contribution < 1.29 is 19.4 Å². The average Bonchev–Trinajstić information content (AvgIpc) is 3.77. The van der Waals surface area contributed by atoms with Crippen LogP contribution in [0.15, 0.2) is 30.3 Å². The van der Waals surface area contributed by atoms with Gasteiger partial charge in [-0.1, -0.05) is 44.9 Å². The summed E-state index contributed by atoms with van der Waals surface area (Å²) >= 11 is 0. The van der Waals surface area contributed by atoms with Crippen LogP contribution >= 0.6 is 0 Å². The molecule has 3 fully saturated rings. The number of hydrogen-bond acceptors (Lipinski definition) is 8. The Morgan fingerprint density at radius 2 is 1.81 bits per heavy atom. The van der Waals surface area contributed by atoms with Crippen LogP contribution in [0.25, 0.3) is 10.8 Å². The molecule has 1 amide bonds. The topological polar surface area (TPSA) is 91.3 Å². The van der Waals surface area contributed by atoms with Crippen LogP contribution < -0.4 is 9.64 Å². The zero-order valence-electron chi connectivity index (χ0n) is 29.1. The van der Waals surface area contributed by atoms with Crippen molar-refractivity contribution in [1.29, 1.82) is 0 Å². The normalized spacial score (nSPS) is 21.2. The van der Waals surface area contributed by atoms with Gasteiger partial charge in [-0.3, -0.25) is 4.79 Å². The van der Waals surface area contributed by atoms with Crippen LogP contribution in [0.5, 0.6) is 11.8 Å². The monoisotopic (exact) mass is 643 g/mol. The number of amides is 1. The quantitative estimate of drug-likeness (QED) is 0.285. The molecule has 1 aromatic heterocycles. The highest BCUT2D eigenvalue weighted by molar-refractivity contribution is 6.09. The first-order valence-corrected chi connectivity index (χ1v) is 17.9. The van der Waals surface area contributed by atoms with E-state index in [4.69, 9.17) is 19.4 Å². The summed E-state index contributed by atoms with van der Waals surface area (Å²) in [6.45, 7) is 13.9. The lowest BCUT2D eigenvalue weighted by Gasteiger charge is -2.33. The molecule has 0 radical (unpaired) electrons. The third-order valence-corrected chi connectivity index (χ3v) is 10.6. The van der Waals surface area contributed by atoms with Crippen molar-refractivity contribution in [3.63, 3.8) is 0 Å². The zero-order chi connectivity index (χ0) is 33.1. The molecular formula is C38H53N5O4. The highest BCUT2D eigenvalue weighted by atomic mass is 16.5. The van der Waals surface area contributed by atoms with Crippen molar-refractivity contribution in [1.82, 2.24) is 19.8 Å². The molecule has 0 spiro atoms. The van der Waals surface area contributed by atoms with Gasteiger partial charge in [-0.2, -0.15) is 9.97 Å². The Labute approximate surface area is 280 Å². The van der Waals surface area contributed by atoms with E-state index in [-0.39, 0.29) is 17.1 Å². The number of anilines is 1. The van der Waals surface area contributed by atoms with E-state index in [9.17, 15) is 9.90 Å². The number of aromatic nitrogens is 2. The van der Waals surface area contributed by atoms with Crippen molar-refractivity contribution in [2.24, 2.45) is 5.41 Å². The Kier molecular flexibility index (Phi) is 10.2. The number of fused-ring (bicyclic) bond motifs is 2. The molecule has 3 aliphatic heterocycles. The molecule has 9 heteroatoms. The van der Waals surface area contributed by atoms with E-state index in [1.807, 2.05) is 51.0 Å². The number of benzene rings is 2. The Balaban J connectivity index is 0.00000190. The number of carbonyl (C=O) groups is 1. The molecule has 3 aromatic rings. The molecule has 2 saturated heterocycles. The second kappa shape index (κ2) is 14.4. The van der Waals surface area contributed by atoms with E-state index in [1.54, 1.807) is 12.1 Å². The predicted octanol–water partition coefficient (Wildman–Crippen LogP) is 6.86. The van der Waals surface area contributed by atoms with Crippen molar-refractivity contribution >= 4 is 22.5 Å². The summed E-state index contributed by atoms with van der Waals surface area (Å²) in [5.74, 6) is 0.914. The largest absolute Gasteiger partial charge is 0.508 e. The second-order valence-electron chi connectivity index (χ2n) is 14.0. The lowest BCUT2D eigenvalue weighted by atomic mass is 9.98. The number of phenols is 1. The number of nitrogens with zero attached hydrogens (tertiary/aromatic N) is 5. The van der Waals surface area contributed by atoms with Gasteiger partial charge in [0.15, 0.2) is 0 Å². The van der Waals surface area contributed by atoms with Gasteiger partial charge in [-0.05, 0) is 80.8 Å². The summed E-state index contributed by atoms with van der Waals surface area (Å²) in [6.07, 6.45) is 9.57. The minimum Gasteiger partial charge on any atom is -0.508 e. The van der Waals surface area contributed by atoms with Crippen molar-refractivity contribution in [3.05, 3.63) is 52.7 Å². The molecule has 2 aromatic carbocycles. The number of aromatic hydroxyl groups is 1. The van der Waals surface area contributed by atoms with E-state index < -0.39 is 0 Å². The number of phenolic OH excluding ortho intramolecular Hbond substituents is 1. The van der Waals surface area contributed by atoms with Crippen molar-refractivity contribution in [2.45, 2.75) is 104 Å². The van der Waals surface area contributed by atoms with Crippen LogP contribution in [0.4, 0.5) is 5.82 Å². The molecule has 1 saturated carbocycles. The maximum absolute atomic E-state index is 14.1. The summed E-state index contributed by atoms with van der Waals surface area (Å²) in [7, 11) is 1.82.